The van der Waals surface area contributed by atoms with Crippen LogP contribution in [0.15, 0.2) is 50.5 Å². The van der Waals surface area contributed by atoms with Gasteiger partial charge < -0.3 is 4.42 Å². The lowest BCUT2D eigenvalue weighted by molar-refractivity contribution is 0.527. The Hall–Kier alpha value is -2.54. The fourth-order valence-electron chi connectivity index (χ4n) is 2.33. The highest BCUT2D eigenvalue weighted by Gasteiger charge is 2.18. The summed E-state index contributed by atoms with van der Waals surface area (Å²) in [6.45, 7) is 3.72. The molecule has 0 saturated heterocycles. The average Bonchev–Trinajstić information content (AvgIpc) is 2.77. The van der Waals surface area contributed by atoms with Crippen LogP contribution < -0.4 is 10.5 Å². The maximum Gasteiger partial charge on any atom is 0.419 e. The summed E-state index contributed by atoms with van der Waals surface area (Å²) in [7, 11) is -2.20. The van der Waals surface area contributed by atoms with Gasteiger partial charge in [-0.05, 0) is 43.2 Å². The van der Waals surface area contributed by atoms with E-state index in [1.54, 1.807) is 19.2 Å². The quantitative estimate of drug-likeness (QED) is 0.799. The summed E-state index contributed by atoms with van der Waals surface area (Å²) < 4.78 is 34.1. The molecule has 0 spiro atoms. The third kappa shape index (κ3) is 2.75. The van der Waals surface area contributed by atoms with Crippen LogP contribution in [0.4, 0.5) is 5.69 Å². The molecule has 0 amide bonds. The first kappa shape index (κ1) is 15.4. The van der Waals surface area contributed by atoms with Gasteiger partial charge in [0.1, 0.15) is 0 Å². The third-order valence-electron chi connectivity index (χ3n) is 3.71. The Morgan fingerprint density at radius 1 is 1.09 bits per heavy atom. The molecular formula is C16H16N2O4S. The lowest BCUT2D eigenvalue weighted by Crippen LogP contribution is -2.14. The van der Waals surface area contributed by atoms with Crippen molar-refractivity contribution in [3.8, 4) is 0 Å². The van der Waals surface area contributed by atoms with Gasteiger partial charge >= 0.3 is 5.76 Å². The zero-order valence-electron chi connectivity index (χ0n) is 13.0. The number of sulfonamides is 1. The number of nitrogens with one attached hydrogen (secondary N) is 1. The summed E-state index contributed by atoms with van der Waals surface area (Å²) in [6, 6.07) is 9.89. The lowest BCUT2D eigenvalue weighted by atomic mass is 10.1. The Bertz CT molecular complexity index is 1060. The van der Waals surface area contributed by atoms with Crippen LogP contribution in [0.25, 0.3) is 11.1 Å². The summed E-state index contributed by atoms with van der Waals surface area (Å²) in [5.41, 5.74) is 3.09. The highest BCUT2D eigenvalue weighted by atomic mass is 32.2. The number of benzene rings is 2. The van der Waals surface area contributed by atoms with Crippen molar-refractivity contribution in [2.24, 2.45) is 7.05 Å². The fraction of sp³-hybridized carbons (Fsp3) is 0.188. The van der Waals surface area contributed by atoms with Crippen molar-refractivity contribution in [2.75, 3.05) is 4.72 Å². The number of aryl methyl sites for hydroxylation is 3. The Kier molecular flexibility index (Phi) is 3.52. The predicted molar refractivity (Wildman–Crippen MR) is 88.2 cm³/mol. The zero-order chi connectivity index (χ0) is 16.8. The van der Waals surface area contributed by atoms with Crippen molar-refractivity contribution in [1.29, 1.82) is 0 Å². The molecule has 3 aromatic rings. The minimum absolute atomic E-state index is 0.0419. The largest absolute Gasteiger partial charge is 0.419 e. The maximum atomic E-state index is 12.6. The second-order valence-corrected chi connectivity index (χ2v) is 7.16. The molecule has 120 valence electrons. The summed E-state index contributed by atoms with van der Waals surface area (Å²) >= 11 is 0. The van der Waals surface area contributed by atoms with Crippen molar-refractivity contribution in [1.82, 2.24) is 4.57 Å². The number of oxazole rings is 1. The first-order valence-electron chi connectivity index (χ1n) is 6.97. The molecule has 0 aliphatic rings. The molecule has 6 nitrogen and oxygen atoms in total. The topological polar surface area (TPSA) is 81.3 Å². The van der Waals surface area contributed by atoms with Crippen molar-refractivity contribution < 1.29 is 12.8 Å². The SMILES string of the molecule is Cc1ccc(C)c(NS(=O)(=O)c2ccc3c(c2)oc(=O)n3C)c1. The van der Waals surface area contributed by atoms with E-state index >= 15 is 0 Å². The van der Waals surface area contributed by atoms with E-state index in [9.17, 15) is 13.2 Å². The summed E-state index contributed by atoms with van der Waals surface area (Å²) in [4.78, 5) is 11.5. The Labute approximate surface area is 133 Å². The van der Waals surface area contributed by atoms with Gasteiger partial charge in [-0.1, -0.05) is 12.1 Å². The van der Waals surface area contributed by atoms with Crippen molar-refractivity contribution in [3.05, 3.63) is 58.1 Å². The molecule has 0 saturated carbocycles. The van der Waals surface area contributed by atoms with Gasteiger partial charge in [0.05, 0.1) is 16.1 Å². The second-order valence-electron chi connectivity index (χ2n) is 5.48. The van der Waals surface area contributed by atoms with E-state index in [1.165, 1.54) is 16.7 Å². The van der Waals surface area contributed by atoms with E-state index in [4.69, 9.17) is 4.42 Å². The molecular weight excluding hydrogens is 316 g/mol. The number of hydrogen-bond acceptors (Lipinski definition) is 4. The van der Waals surface area contributed by atoms with Crippen LogP contribution in [0, 0.1) is 13.8 Å². The minimum atomic E-state index is -3.77. The van der Waals surface area contributed by atoms with Crippen LogP contribution >= 0.6 is 0 Å². The monoisotopic (exact) mass is 332 g/mol. The summed E-state index contributed by atoms with van der Waals surface area (Å²) in [6.07, 6.45) is 0. The summed E-state index contributed by atoms with van der Waals surface area (Å²) in [5, 5.41) is 0. The highest BCUT2D eigenvalue weighted by molar-refractivity contribution is 7.92. The molecule has 1 heterocycles. The van der Waals surface area contributed by atoms with Gasteiger partial charge in [0.2, 0.25) is 0 Å². The molecule has 2 aromatic carbocycles. The number of aromatic nitrogens is 1. The van der Waals surface area contributed by atoms with Gasteiger partial charge in [0.15, 0.2) is 5.58 Å². The highest BCUT2D eigenvalue weighted by Crippen LogP contribution is 2.23. The van der Waals surface area contributed by atoms with E-state index in [2.05, 4.69) is 4.72 Å². The minimum Gasteiger partial charge on any atom is -0.408 e. The first-order valence-corrected chi connectivity index (χ1v) is 8.46. The van der Waals surface area contributed by atoms with Crippen LogP contribution in [-0.2, 0) is 17.1 Å². The van der Waals surface area contributed by atoms with E-state index in [-0.39, 0.29) is 10.5 Å². The van der Waals surface area contributed by atoms with Crippen LogP contribution in [0.2, 0.25) is 0 Å². The van der Waals surface area contributed by atoms with Gasteiger partial charge in [-0.3, -0.25) is 9.29 Å². The molecule has 0 fully saturated rings. The fourth-order valence-corrected chi connectivity index (χ4v) is 3.47. The summed E-state index contributed by atoms with van der Waals surface area (Å²) in [5.74, 6) is -0.531. The van der Waals surface area contributed by atoms with Crippen LogP contribution in [-0.4, -0.2) is 13.0 Å². The normalized spacial score (nSPS) is 11.8. The molecule has 0 atom stereocenters. The van der Waals surface area contributed by atoms with E-state index in [0.717, 1.165) is 11.1 Å². The molecule has 3 rings (SSSR count). The predicted octanol–water partition coefficient (Wildman–Crippen LogP) is 2.55. The van der Waals surface area contributed by atoms with Gasteiger partial charge in [-0.15, -0.1) is 0 Å². The number of rotatable bonds is 3. The molecule has 0 bridgehead atoms. The first-order chi connectivity index (χ1) is 10.8. The Morgan fingerprint density at radius 2 is 1.83 bits per heavy atom. The molecule has 1 aromatic heterocycles. The smallest absolute Gasteiger partial charge is 0.408 e. The van der Waals surface area contributed by atoms with Crippen molar-refractivity contribution >= 4 is 26.8 Å². The number of anilines is 1. The lowest BCUT2D eigenvalue weighted by Gasteiger charge is -2.11. The molecule has 1 N–H and O–H groups in total. The number of hydrogen-bond donors (Lipinski definition) is 1. The number of nitrogens with zero attached hydrogens (tertiary/aromatic N) is 1. The standard InChI is InChI=1S/C16H16N2O4S/c1-10-4-5-11(2)13(8-10)17-23(20,21)12-6-7-14-15(9-12)22-16(19)18(14)3/h4-9,17H,1-3H3. The average molecular weight is 332 g/mol. The molecule has 7 heteroatoms. The second kappa shape index (κ2) is 5.27. The van der Waals surface area contributed by atoms with Gasteiger partial charge in [-0.2, -0.15) is 0 Å². The Morgan fingerprint density at radius 3 is 2.57 bits per heavy atom. The molecule has 0 unspecified atom stereocenters. The molecule has 0 aliphatic heterocycles. The Balaban J connectivity index is 2.05. The molecule has 23 heavy (non-hydrogen) atoms. The van der Waals surface area contributed by atoms with Crippen molar-refractivity contribution in [3.63, 3.8) is 0 Å². The molecule has 0 radical (unpaired) electrons. The molecule has 0 aliphatic carbocycles. The van der Waals surface area contributed by atoms with Crippen LogP contribution in [0.5, 0.6) is 0 Å². The zero-order valence-corrected chi connectivity index (χ0v) is 13.8. The van der Waals surface area contributed by atoms with E-state index in [1.807, 2.05) is 26.0 Å². The van der Waals surface area contributed by atoms with Gasteiger partial charge in [0, 0.05) is 13.1 Å². The van der Waals surface area contributed by atoms with E-state index in [0.29, 0.717) is 11.2 Å². The maximum absolute atomic E-state index is 12.6. The van der Waals surface area contributed by atoms with E-state index < -0.39 is 15.8 Å². The van der Waals surface area contributed by atoms with Crippen LogP contribution in [0.1, 0.15) is 11.1 Å². The van der Waals surface area contributed by atoms with Crippen LogP contribution in [0.3, 0.4) is 0 Å². The van der Waals surface area contributed by atoms with Crippen molar-refractivity contribution in [2.45, 2.75) is 18.7 Å². The number of fused-ring (bicyclic) bond motifs is 1. The van der Waals surface area contributed by atoms with Gasteiger partial charge in [-0.25, -0.2) is 13.2 Å². The van der Waals surface area contributed by atoms with Gasteiger partial charge in [0.25, 0.3) is 10.0 Å². The third-order valence-corrected chi connectivity index (χ3v) is 5.07.